The van der Waals surface area contributed by atoms with Gasteiger partial charge in [0.05, 0.1) is 18.5 Å². The summed E-state index contributed by atoms with van der Waals surface area (Å²) >= 11 is 0. The summed E-state index contributed by atoms with van der Waals surface area (Å²) in [6.07, 6.45) is 9.69. The number of aliphatic hydroxyl groups is 1. The van der Waals surface area contributed by atoms with E-state index in [2.05, 4.69) is 62.6 Å². The molecule has 4 amide bonds. The predicted octanol–water partition coefficient (Wildman–Crippen LogP) is 4.77. The van der Waals surface area contributed by atoms with Crippen molar-refractivity contribution in [2.45, 2.75) is 97.1 Å². The Morgan fingerprint density at radius 1 is 0.899 bits per heavy atom. The molecule has 2 atom stereocenters. The van der Waals surface area contributed by atoms with Gasteiger partial charge in [-0.15, -0.1) is 0 Å². The Hall–Kier alpha value is -7.09. The molecule has 0 bridgehead atoms. The molecule has 8 heterocycles. The number of rotatable bonds is 8. The number of aliphatic hydroxyl groups excluding tert-OH is 1. The quantitative estimate of drug-likeness (QED) is 0.144. The minimum atomic E-state index is -0.635. The second-order valence-corrected chi connectivity index (χ2v) is 20.4. The molecule has 1 aromatic carbocycles. The standard InChI is InChI=1S/C53H56N10O6/c1-31-27-59(38-20-33(21-38)6-5-32-7-9-40-35(19-32)29-63(50(40)67)43-10-12-47(65)57-49(43)66)15-16-60(31)37-8-11-46(55-26-37)56-42-22-36(28-58(4)51(42)68)39-13-14-54-48(41(39)30-64)62-18-17-61-44(52(62)69)23-34-24-53(2,3)25-45(34)61/h7-9,11,13-14,19,22-23,26,28,31,33,38,43,64H,10,12,15-18,20-21,24-25,27,29-30H2,1-4H3,(H,55,56)(H,57,65,66)/t31-,33?,38?,43?/m0/s1. The van der Waals surface area contributed by atoms with Gasteiger partial charge in [-0.1, -0.05) is 25.7 Å². The van der Waals surface area contributed by atoms with Crippen LogP contribution < -0.4 is 26.0 Å². The van der Waals surface area contributed by atoms with E-state index in [1.807, 2.05) is 42.6 Å². The number of aryl methyl sites for hydroxylation is 1. The van der Waals surface area contributed by atoms with Gasteiger partial charge in [0, 0.05) is 111 Å². The van der Waals surface area contributed by atoms with Crippen molar-refractivity contribution in [1.29, 1.82) is 0 Å². The summed E-state index contributed by atoms with van der Waals surface area (Å²) in [6.45, 7) is 10.5. The molecule has 0 spiro atoms. The molecule has 3 N–H and O–H groups in total. The first-order valence-corrected chi connectivity index (χ1v) is 24.1. The third-order valence-electron chi connectivity index (χ3n) is 15.1. The van der Waals surface area contributed by atoms with Gasteiger partial charge in [0.25, 0.3) is 17.4 Å². The number of carbonyl (C=O) groups is 4. The number of hydrogen-bond acceptors (Lipinski definition) is 11. The molecular weight excluding hydrogens is 873 g/mol. The van der Waals surface area contributed by atoms with Crippen LogP contribution in [0.25, 0.3) is 11.1 Å². The van der Waals surface area contributed by atoms with Crippen LogP contribution >= 0.6 is 0 Å². The lowest BCUT2D eigenvalue weighted by Gasteiger charge is -2.48. The van der Waals surface area contributed by atoms with Crippen LogP contribution in [0.5, 0.6) is 0 Å². The largest absolute Gasteiger partial charge is 0.392 e. The Labute approximate surface area is 400 Å². The molecule has 1 saturated carbocycles. The van der Waals surface area contributed by atoms with Gasteiger partial charge in [-0.3, -0.25) is 39.1 Å². The van der Waals surface area contributed by atoms with Gasteiger partial charge in [-0.2, -0.15) is 0 Å². The third kappa shape index (κ3) is 8.06. The number of anilines is 4. The van der Waals surface area contributed by atoms with Crippen LogP contribution in [0.3, 0.4) is 0 Å². The number of piperidine rings is 1. The Kier molecular flexibility index (Phi) is 11.0. The smallest absolute Gasteiger partial charge is 0.276 e. The number of fused-ring (bicyclic) bond motifs is 4. The van der Waals surface area contributed by atoms with Crippen LogP contribution in [0, 0.1) is 23.2 Å². The van der Waals surface area contributed by atoms with Crippen molar-refractivity contribution in [2.24, 2.45) is 18.4 Å². The van der Waals surface area contributed by atoms with Gasteiger partial charge < -0.3 is 29.4 Å². The zero-order valence-corrected chi connectivity index (χ0v) is 39.4. The van der Waals surface area contributed by atoms with Gasteiger partial charge in [0.2, 0.25) is 11.8 Å². The van der Waals surface area contributed by atoms with Crippen molar-refractivity contribution >= 4 is 46.6 Å². The molecule has 1 unspecified atom stereocenters. The second-order valence-electron chi connectivity index (χ2n) is 20.4. The second kappa shape index (κ2) is 17.1. The van der Waals surface area contributed by atoms with E-state index >= 15 is 0 Å². The summed E-state index contributed by atoms with van der Waals surface area (Å²) in [6, 6.07) is 15.3. The Bertz CT molecular complexity index is 3080. The summed E-state index contributed by atoms with van der Waals surface area (Å²) in [5.41, 5.74) is 8.61. The Balaban J connectivity index is 0.706. The van der Waals surface area contributed by atoms with Gasteiger partial charge >= 0.3 is 0 Å². The third-order valence-corrected chi connectivity index (χ3v) is 15.1. The van der Waals surface area contributed by atoms with Gasteiger partial charge in [0.15, 0.2) is 0 Å². The van der Waals surface area contributed by atoms with Crippen LogP contribution in [-0.2, 0) is 49.2 Å². The molecule has 5 aromatic rings. The SMILES string of the molecule is C[C@H]1CN(C2CC(C#Cc3ccc4c(c3)CN(C3CCC(=O)NC3=O)C4=O)C2)CCN1c1ccc(Nc2cc(-c3ccnc(N4CCn5c(cc6c5CC(C)(C)C6)C4=O)c3CO)cn(C)c2=O)nc1. The first-order valence-electron chi connectivity index (χ1n) is 24.1. The maximum Gasteiger partial charge on any atom is 0.276 e. The van der Waals surface area contributed by atoms with E-state index in [0.717, 1.165) is 62.1 Å². The minimum Gasteiger partial charge on any atom is -0.392 e. The lowest BCUT2D eigenvalue weighted by molar-refractivity contribution is -0.136. The molecule has 4 aliphatic heterocycles. The van der Waals surface area contributed by atoms with Crippen LogP contribution in [0.2, 0.25) is 0 Å². The van der Waals surface area contributed by atoms with Crippen LogP contribution in [0.1, 0.15) is 95.2 Å². The molecule has 69 heavy (non-hydrogen) atoms. The highest BCUT2D eigenvalue weighted by Crippen LogP contribution is 2.41. The number of hydrogen-bond donors (Lipinski definition) is 3. The number of piperazine rings is 1. The van der Waals surface area contributed by atoms with Gasteiger partial charge in [0.1, 0.15) is 29.1 Å². The lowest BCUT2D eigenvalue weighted by atomic mass is 9.79. The van der Waals surface area contributed by atoms with E-state index in [1.165, 1.54) is 15.8 Å². The number of benzene rings is 1. The molecule has 11 rings (SSSR count). The molecular formula is C53H56N10O6. The van der Waals surface area contributed by atoms with Crippen molar-refractivity contribution in [1.82, 2.24) is 34.2 Å². The fourth-order valence-electron chi connectivity index (χ4n) is 11.5. The molecule has 6 aliphatic rings. The van der Waals surface area contributed by atoms with Gasteiger partial charge in [-0.05, 0) is 110 Å². The molecule has 4 aromatic heterocycles. The number of pyridine rings is 3. The predicted molar refractivity (Wildman–Crippen MR) is 260 cm³/mol. The molecule has 2 saturated heterocycles. The van der Waals surface area contributed by atoms with E-state index in [1.54, 1.807) is 41.4 Å². The van der Waals surface area contributed by atoms with Crippen molar-refractivity contribution in [3.8, 4) is 23.0 Å². The first kappa shape index (κ1) is 44.4. The monoisotopic (exact) mass is 928 g/mol. The van der Waals surface area contributed by atoms with E-state index in [9.17, 15) is 29.1 Å². The number of aromatic nitrogens is 4. The fourth-order valence-corrected chi connectivity index (χ4v) is 11.5. The normalized spacial score (nSPS) is 22.9. The maximum absolute atomic E-state index is 14.0. The number of carbonyl (C=O) groups excluding carboxylic acids is 4. The summed E-state index contributed by atoms with van der Waals surface area (Å²) in [7, 11) is 1.69. The summed E-state index contributed by atoms with van der Waals surface area (Å²) in [5, 5.41) is 16.4. The van der Waals surface area contributed by atoms with Crippen LogP contribution in [-0.4, -0.2) is 102 Å². The highest BCUT2D eigenvalue weighted by Gasteiger charge is 2.41. The molecule has 16 heteroatoms. The van der Waals surface area contributed by atoms with E-state index in [0.29, 0.717) is 83.3 Å². The lowest BCUT2D eigenvalue weighted by Crippen LogP contribution is -2.57. The molecule has 0 radical (unpaired) electrons. The molecule has 354 valence electrons. The summed E-state index contributed by atoms with van der Waals surface area (Å²) < 4.78 is 3.67. The Morgan fingerprint density at radius 3 is 2.51 bits per heavy atom. The maximum atomic E-state index is 14.0. The first-order chi connectivity index (χ1) is 33.2. The molecule has 3 fully saturated rings. The van der Waals surface area contributed by atoms with Gasteiger partial charge in [-0.25, -0.2) is 9.97 Å². The van der Waals surface area contributed by atoms with Crippen LogP contribution in [0.4, 0.5) is 23.0 Å². The highest BCUT2D eigenvalue weighted by molar-refractivity contribution is 6.07. The van der Waals surface area contributed by atoms with E-state index < -0.39 is 11.9 Å². The number of nitrogens with zero attached hydrogens (tertiary/aromatic N) is 8. The number of imide groups is 1. The zero-order chi connectivity index (χ0) is 47.9. The topological polar surface area (TPSA) is 178 Å². The fraction of sp³-hybridized carbons (Fsp3) is 0.415. The Morgan fingerprint density at radius 2 is 1.74 bits per heavy atom. The van der Waals surface area contributed by atoms with E-state index in [4.69, 9.17) is 4.98 Å². The minimum absolute atomic E-state index is 0.130. The highest BCUT2D eigenvalue weighted by atomic mass is 16.3. The van der Waals surface area contributed by atoms with Crippen molar-refractivity contribution in [3.63, 3.8) is 0 Å². The average Bonchev–Trinajstić information content (AvgIpc) is 3.93. The summed E-state index contributed by atoms with van der Waals surface area (Å²) in [5.74, 6) is 7.02. The van der Waals surface area contributed by atoms with Crippen LogP contribution in [0.15, 0.2) is 71.9 Å². The van der Waals surface area contributed by atoms with Crippen molar-refractivity contribution in [2.75, 3.05) is 41.3 Å². The molecule has 16 nitrogen and oxygen atoms in total. The zero-order valence-electron chi connectivity index (χ0n) is 39.4. The number of amides is 4. The number of nitrogens with one attached hydrogen (secondary N) is 2. The average molecular weight is 929 g/mol. The van der Waals surface area contributed by atoms with E-state index in [-0.39, 0.29) is 47.8 Å². The van der Waals surface area contributed by atoms with Crippen molar-refractivity contribution in [3.05, 3.63) is 117 Å². The molecule has 2 aliphatic carbocycles. The van der Waals surface area contributed by atoms with Crippen molar-refractivity contribution < 1.29 is 24.3 Å². The summed E-state index contributed by atoms with van der Waals surface area (Å²) in [4.78, 5) is 82.2.